The molecule has 1 aromatic heterocycles. The molecule has 41 heavy (non-hydrogen) atoms. The fraction of sp³-hybridized carbons (Fsp3) is 0.400. The first-order valence-electron chi connectivity index (χ1n) is 15.1. The van der Waals surface area contributed by atoms with Gasteiger partial charge in [-0.05, 0) is 98.6 Å². The van der Waals surface area contributed by atoms with Gasteiger partial charge in [-0.1, -0.05) is 51.4 Å². The fourth-order valence-corrected chi connectivity index (χ4v) is 5.19. The standard InChI is InChI=1S/C35H44ClN3O2/c1-5-28(6-2)35-37-34(29-12-18-32(19-13-29)41-25-22-27-10-14-30(36)15-11-27)26-39(35)31-16-20-33(21-17-31)40-24-9-23-38(7-3)8-4/h10-21,26,28H,5-9,22-25H2,1-4H3. The number of imidazole rings is 1. The molecular weight excluding hydrogens is 530 g/mol. The lowest BCUT2D eigenvalue weighted by Gasteiger charge is -2.18. The molecule has 1 heterocycles. The van der Waals surface area contributed by atoms with Gasteiger partial charge >= 0.3 is 0 Å². The lowest BCUT2D eigenvalue weighted by molar-refractivity contribution is 0.249. The summed E-state index contributed by atoms with van der Waals surface area (Å²) in [6.45, 7) is 13.5. The Balaban J connectivity index is 1.43. The maximum Gasteiger partial charge on any atom is 0.119 e. The van der Waals surface area contributed by atoms with Crippen LogP contribution in [-0.2, 0) is 6.42 Å². The molecule has 4 rings (SSSR count). The zero-order valence-corrected chi connectivity index (χ0v) is 25.7. The van der Waals surface area contributed by atoms with Crippen molar-refractivity contribution < 1.29 is 9.47 Å². The number of hydrogen-bond donors (Lipinski definition) is 0. The predicted molar refractivity (Wildman–Crippen MR) is 171 cm³/mol. The van der Waals surface area contributed by atoms with Crippen molar-refractivity contribution >= 4 is 11.6 Å². The second-order valence-electron chi connectivity index (χ2n) is 10.3. The summed E-state index contributed by atoms with van der Waals surface area (Å²) in [4.78, 5) is 7.55. The summed E-state index contributed by atoms with van der Waals surface area (Å²) < 4.78 is 14.3. The number of benzene rings is 3. The Hall–Kier alpha value is -3.28. The quantitative estimate of drug-likeness (QED) is 0.125. The van der Waals surface area contributed by atoms with Gasteiger partial charge in [0.25, 0.3) is 0 Å². The summed E-state index contributed by atoms with van der Waals surface area (Å²) in [5, 5.41) is 0.753. The van der Waals surface area contributed by atoms with Crippen LogP contribution < -0.4 is 9.47 Å². The molecule has 0 saturated heterocycles. The van der Waals surface area contributed by atoms with Crippen molar-refractivity contribution in [2.24, 2.45) is 0 Å². The molecule has 0 fully saturated rings. The lowest BCUT2D eigenvalue weighted by Crippen LogP contribution is -2.25. The van der Waals surface area contributed by atoms with Gasteiger partial charge < -0.3 is 18.9 Å². The lowest BCUT2D eigenvalue weighted by atomic mass is 10.0. The Morgan fingerprint density at radius 1 is 0.780 bits per heavy atom. The predicted octanol–water partition coefficient (Wildman–Crippen LogP) is 8.83. The second-order valence-corrected chi connectivity index (χ2v) is 10.8. The van der Waals surface area contributed by atoms with Crippen molar-refractivity contribution in [1.82, 2.24) is 14.5 Å². The van der Waals surface area contributed by atoms with Crippen molar-refractivity contribution in [2.75, 3.05) is 32.8 Å². The number of ether oxygens (including phenoxy) is 2. The van der Waals surface area contributed by atoms with Crippen LogP contribution in [0.4, 0.5) is 0 Å². The minimum atomic E-state index is 0.384. The molecule has 0 radical (unpaired) electrons. The Labute approximate surface area is 251 Å². The van der Waals surface area contributed by atoms with Crippen LogP contribution in [0, 0.1) is 0 Å². The van der Waals surface area contributed by atoms with Crippen LogP contribution >= 0.6 is 11.6 Å². The van der Waals surface area contributed by atoms with Crippen molar-refractivity contribution in [2.45, 2.75) is 59.3 Å². The van der Waals surface area contributed by atoms with E-state index >= 15 is 0 Å². The molecule has 0 atom stereocenters. The molecule has 0 spiro atoms. The molecule has 0 aliphatic carbocycles. The molecular formula is C35H44ClN3O2. The molecule has 0 saturated carbocycles. The van der Waals surface area contributed by atoms with E-state index < -0.39 is 0 Å². The monoisotopic (exact) mass is 573 g/mol. The minimum Gasteiger partial charge on any atom is -0.494 e. The number of halogens is 1. The zero-order chi connectivity index (χ0) is 29.0. The van der Waals surface area contributed by atoms with Crippen LogP contribution in [0.1, 0.15) is 64.3 Å². The third-order valence-corrected chi connectivity index (χ3v) is 7.96. The van der Waals surface area contributed by atoms with E-state index in [0.717, 1.165) is 91.2 Å². The largest absolute Gasteiger partial charge is 0.494 e. The van der Waals surface area contributed by atoms with Crippen molar-refractivity contribution in [3.63, 3.8) is 0 Å². The van der Waals surface area contributed by atoms with Crippen molar-refractivity contribution in [3.8, 4) is 28.4 Å². The average Bonchev–Trinajstić information content (AvgIpc) is 3.45. The van der Waals surface area contributed by atoms with E-state index in [1.807, 2.05) is 36.4 Å². The second kappa shape index (κ2) is 15.6. The van der Waals surface area contributed by atoms with E-state index in [9.17, 15) is 0 Å². The summed E-state index contributed by atoms with van der Waals surface area (Å²) in [5.74, 6) is 3.25. The maximum absolute atomic E-state index is 6.03. The molecule has 3 aromatic carbocycles. The van der Waals surface area contributed by atoms with Gasteiger partial charge in [0.05, 0.1) is 18.9 Å². The third-order valence-electron chi connectivity index (χ3n) is 7.70. The summed E-state index contributed by atoms with van der Waals surface area (Å²) in [6, 6.07) is 24.6. The maximum atomic E-state index is 6.03. The van der Waals surface area contributed by atoms with E-state index in [0.29, 0.717) is 12.5 Å². The van der Waals surface area contributed by atoms with Gasteiger partial charge in [0, 0.05) is 41.4 Å². The molecule has 0 amide bonds. The molecule has 6 heteroatoms. The SMILES string of the molecule is CCC(CC)c1nc(-c2ccc(OCCc3ccc(Cl)cc3)cc2)cn1-c1ccc(OCCCN(CC)CC)cc1. The van der Waals surface area contributed by atoms with E-state index in [4.69, 9.17) is 26.1 Å². The molecule has 0 aliphatic rings. The highest BCUT2D eigenvalue weighted by atomic mass is 35.5. The molecule has 0 N–H and O–H groups in total. The Kier molecular flexibility index (Phi) is 11.7. The van der Waals surface area contributed by atoms with Crippen molar-refractivity contribution in [3.05, 3.63) is 95.4 Å². The summed E-state index contributed by atoms with van der Waals surface area (Å²) in [6.07, 6.45) is 6.10. The molecule has 5 nitrogen and oxygen atoms in total. The Morgan fingerprint density at radius 2 is 1.39 bits per heavy atom. The van der Waals surface area contributed by atoms with Gasteiger partial charge in [0.1, 0.15) is 17.3 Å². The van der Waals surface area contributed by atoms with Crippen LogP contribution in [0.25, 0.3) is 16.9 Å². The normalized spacial score (nSPS) is 11.4. The minimum absolute atomic E-state index is 0.384. The van der Waals surface area contributed by atoms with E-state index in [1.165, 1.54) is 5.56 Å². The van der Waals surface area contributed by atoms with E-state index in [-0.39, 0.29) is 0 Å². The molecule has 0 bridgehead atoms. The Bertz CT molecular complexity index is 1310. The molecule has 0 aliphatic heterocycles. The highest BCUT2D eigenvalue weighted by Gasteiger charge is 2.18. The third kappa shape index (κ3) is 8.61. The van der Waals surface area contributed by atoms with E-state index in [1.54, 1.807) is 0 Å². The van der Waals surface area contributed by atoms with Crippen LogP contribution in [-0.4, -0.2) is 47.3 Å². The number of nitrogens with zero attached hydrogens (tertiary/aromatic N) is 3. The van der Waals surface area contributed by atoms with Crippen LogP contribution in [0.3, 0.4) is 0 Å². The van der Waals surface area contributed by atoms with Crippen molar-refractivity contribution in [1.29, 1.82) is 0 Å². The average molecular weight is 574 g/mol. The van der Waals surface area contributed by atoms with Gasteiger partial charge in [-0.25, -0.2) is 4.98 Å². The molecule has 4 aromatic rings. The van der Waals surface area contributed by atoms with Crippen LogP contribution in [0.15, 0.2) is 79.0 Å². The fourth-order valence-electron chi connectivity index (χ4n) is 5.06. The van der Waals surface area contributed by atoms with Crippen LogP contribution in [0.2, 0.25) is 5.02 Å². The zero-order valence-electron chi connectivity index (χ0n) is 25.0. The number of aromatic nitrogens is 2. The van der Waals surface area contributed by atoms with Gasteiger partial charge in [-0.2, -0.15) is 0 Å². The topological polar surface area (TPSA) is 39.5 Å². The molecule has 218 valence electrons. The Morgan fingerprint density at radius 3 is 2.00 bits per heavy atom. The van der Waals surface area contributed by atoms with Gasteiger partial charge in [0.2, 0.25) is 0 Å². The first-order valence-corrected chi connectivity index (χ1v) is 15.4. The molecule has 0 unspecified atom stereocenters. The summed E-state index contributed by atoms with van der Waals surface area (Å²) >= 11 is 5.99. The first-order chi connectivity index (χ1) is 20.0. The van der Waals surface area contributed by atoms with Gasteiger partial charge in [0.15, 0.2) is 0 Å². The van der Waals surface area contributed by atoms with Gasteiger partial charge in [-0.15, -0.1) is 0 Å². The number of hydrogen-bond acceptors (Lipinski definition) is 4. The smallest absolute Gasteiger partial charge is 0.119 e. The summed E-state index contributed by atoms with van der Waals surface area (Å²) in [5.41, 5.74) is 4.36. The van der Waals surface area contributed by atoms with E-state index in [2.05, 4.69) is 79.8 Å². The van der Waals surface area contributed by atoms with Gasteiger partial charge in [-0.3, -0.25) is 0 Å². The highest BCUT2D eigenvalue weighted by Crippen LogP contribution is 2.30. The summed E-state index contributed by atoms with van der Waals surface area (Å²) in [7, 11) is 0. The first kappa shape index (κ1) is 30.7. The van der Waals surface area contributed by atoms with Crippen LogP contribution in [0.5, 0.6) is 11.5 Å². The highest BCUT2D eigenvalue weighted by molar-refractivity contribution is 6.30. The number of rotatable bonds is 16.